The number of fused-ring (bicyclic) bond motifs is 1. The molecule has 8 nitrogen and oxygen atoms in total. The number of carbonyl (C=O) groups excluding carboxylic acids is 1. The predicted molar refractivity (Wildman–Crippen MR) is 161 cm³/mol. The van der Waals surface area contributed by atoms with Crippen molar-refractivity contribution in [2.45, 2.75) is 32.0 Å². The highest BCUT2D eigenvalue weighted by Gasteiger charge is 2.21. The average Bonchev–Trinajstić information content (AvgIpc) is 3.35. The van der Waals surface area contributed by atoms with Crippen LogP contribution in [0.15, 0.2) is 71.9 Å². The zero-order valence-electron chi connectivity index (χ0n) is 23.1. The molecule has 210 valence electrons. The fourth-order valence-electron chi connectivity index (χ4n) is 4.83. The van der Waals surface area contributed by atoms with Crippen LogP contribution in [0.5, 0.6) is 11.5 Å². The number of thioether (sulfide) groups is 1. The average molecular weight is 561 g/mol. The van der Waals surface area contributed by atoms with Crippen LogP contribution in [0.1, 0.15) is 19.4 Å². The summed E-state index contributed by atoms with van der Waals surface area (Å²) in [4.78, 5) is 20.3. The van der Waals surface area contributed by atoms with Crippen LogP contribution in [0.2, 0.25) is 0 Å². The third-order valence-corrected chi connectivity index (χ3v) is 7.68. The monoisotopic (exact) mass is 560 g/mol. The van der Waals surface area contributed by atoms with E-state index >= 15 is 0 Å². The van der Waals surface area contributed by atoms with Crippen molar-refractivity contribution in [2.24, 2.45) is 0 Å². The first kappa shape index (κ1) is 27.9. The minimum Gasteiger partial charge on any atom is -0.492 e. The summed E-state index contributed by atoms with van der Waals surface area (Å²) in [5, 5.41) is 3.89. The van der Waals surface area contributed by atoms with Crippen molar-refractivity contribution in [1.82, 2.24) is 9.55 Å². The van der Waals surface area contributed by atoms with Crippen molar-refractivity contribution < 1.29 is 19.0 Å². The Morgan fingerprint density at radius 1 is 0.975 bits per heavy atom. The highest BCUT2D eigenvalue weighted by atomic mass is 32.2. The van der Waals surface area contributed by atoms with Gasteiger partial charge in [-0.2, -0.15) is 0 Å². The van der Waals surface area contributed by atoms with E-state index in [4.69, 9.17) is 19.2 Å². The molecular weight excluding hydrogens is 524 g/mol. The van der Waals surface area contributed by atoms with Gasteiger partial charge in [-0.1, -0.05) is 54.2 Å². The normalized spacial score (nSPS) is 13.4. The summed E-state index contributed by atoms with van der Waals surface area (Å²) in [6.45, 7) is 8.57. The Bertz CT molecular complexity index is 1420. The summed E-state index contributed by atoms with van der Waals surface area (Å²) in [7, 11) is 0. The number of carbonyl (C=O) groups is 1. The molecule has 0 atom stereocenters. The third-order valence-electron chi connectivity index (χ3n) is 6.71. The summed E-state index contributed by atoms with van der Waals surface area (Å²) in [5.41, 5.74) is 4.82. The first-order valence-electron chi connectivity index (χ1n) is 13.8. The van der Waals surface area contributed by atoms with Gasteiger partial charge in [0.2, 0.25) is 5.91 Å². The molecule has 3 aromatic carbocycles. The van der Waals surface area contributed by atoms with Crippen molar-refractivity contribution in [1.29, 1.82) is 0 Å². The smallest absolute Gasteiger partial charge is 0.234 e. The van der Waals surface area contributed by atoms with E-state index < -0.39 is 0 Å². The van der Waals surface area contributed by atoms with E-state index in [9.17, 15) is 4.79 Å². The molecule has 2 heterocycles. The van der Waals surface area contributed by atoms with Crippen LogP contribution in [0.25, 0.3) is 11.0 Å². The lowest BCUT2D eigenvalue weighted by molar-refractivity contribution is -0.113. The van der Waals surface area contributed by atoms with Crippen molar-refractivity contribution in [3.63, 3.8) is 0 Å². The molecule has 0 bridgehead atoms. The van der Waals surface area contributed by atoms with E-state index in [1.165, 1.54) is 17.3 Å². The molecule has 4 aromatic rings. The molecule has 5 rings (SSSR count). The summed E-state index contributed by atoms with van der Waals surface area (Å²) >= 11 is 1.44. The summed E-state index contributed by atoms with van der Waals surface area (Å²) in [6.07, 6.45) is 0.883. The number of anilines is 2. The Morgan fingerprint density at radius 3 is 2.48 bits per heavy atom. The van der Waals surface area contributed by atoms with Crippen LogP contribution in [0, 0.1) is 0 Å². The Kier molecular flexibility index (Phi) is 9.46. The molecular formula is C31H36N4O4S. The largest absolute Gasteiger partial charge is 0.492 e. The van der Waals surface area contributed by atoms with Crippen molar-refractivity contribution in [3.8, 4) is 11.5 Å². The van der Waals surface area contributed by atoms with Gasteiger partial charge in [-0.05, 0) is 38.0 Å². The first-order valence-corrected chi connectivity index (χ1v) is 14.8. The number of rotatable bonds is 12. The topological polar surface area (TPSA) is 77.8 Å². The van der Waals surface area contributed by atoms with Gasteiger partial charge in [0.05, 0.1) is 54.6 Å². The third kappa shape index (κ3) is 6.71. The van der Waals surface area contributed by atoms with Gasteiger partial charge in [0.15, 0.2) is 5.16 Å². The summed E-state index contributed by atoms with van der Waals surface area (Å²) in [6, 6.07) is 22.4. The number of imidazole rings is 1. The van der Waals surface area contributed by atoms with Crippen molar-refractivity contribution in [2.75, 3.05) is 55.5 Å². The lowest BCUT2D eigenvalue weighted by atomic mass is 10.1. The van der Waals surface area contributed by atoms with Gasteiger partial charge in [0, 0.05) is 31.8 Å². The van der Waals surface area contributed by atoms with E-state index in [1.807, 2.05) is 50.2 Å². The Labute approximate surface area is 239 Å². The first-order chi connectivity index (χ1) is 19.7. The van der Waals surface area contributed by atoms with Gasteiger partial charge in [0.25, 0.3) is 0 Å². The molecule has 1 fully saturated rings. The molecule has 0 radical (unpaired) electrons. The number of nitrogens with one attached hydrogen (secondary N) is 1. The second-order valence-corrected chi connectivity index (χ2v) is 10.3. The maximum absolute atomic E-state index is 13.2. The lowest BCUT2D eigenvalue weighted by Gasteiger charge is -2.31. The van der Waals surface area contributed by atoms with Crippen LogP contribution in [0.4, 0.5) is 11.4 Å². The van der Waals surface area contributed by atoms with E-state index in [0.717, 1.165) is 53.7 Å². The van der Waals surface area contributed by atoms with Gasteiger partial charge >= 0.3 is 0 Å². The zero-order chi connectivity index (χ0) is 27.7. The quantitative estimate of drug-likeness (QED) is 0.225. The van der Waals surface area contributed by atoms with Gasteiger partial charge in [-0.3, -0.25) is 4.79 Å². The molecule has 0 spiro atoms. The minimum atomic E-state index is -0.130. The van der Waals surface area contributed by atoms with Gasteiger partial charge < -0.3 is 29.0 Å². The molecule has 1 aliphatic rings. The number of hydrogen-bond acceptors (Lipinski definition) is 7. The summed E-state index contributed by atoms with van der Waals surface area (Å²) < 4.78 is 19.7. The SMILES string of the molecule is CCOc1cc(N2CCOCC2)c(OCC)cc1NC(=O)CSc1nc2ccccc2n1CCc1ccccc1. The molecule has 1 aliphatic heterocycles. The van der Waals surface area contributed by atoms with Crippen LogP contribution in [0.3, 0.4) is 0 Å². The number of para-hydroxylation sites is 2. The fraction of sp³-hybridized carbons (Fsp3) is 0.355. The van der Waals surface area contributed by atoms with Crippen LogP contribution in [-0.4, -0.2) is 60.7 Å². The number of amides is 1. The van der Waals surface area contributed by atoms with Crippen molar-refractivity contribution >= 4 is 40.1 Å². The minimum absolute atomic E-state index is 0.130. The molecule has 40 heavy (non-hydrogen) atoms. The number of hydrogen-bond donors (Lipinski definition) is 1. The van der Waals surface area contributed by atoms with Gasteiger partial charge in [-0.15, -0.1) is 0 Å². The van der Waals surface area contributed by atoms with Gasteiger partial charge in [0.1, 0.15) is 11.5 Å². The number of nitrogens with zero attached hydrogens (tertiary/aromatic N) is 3. The number of aryl methyl sites for hydroxylation is 2. The van der Waals surface area contributed by atoms with Crippen LogP contribution in [-0.2, 0) is 22.5 Å². The molecule has 1 N–H and O–H groups in total. The Balaban J connectivity index is 1.32. The van der Waals surface area contributed by atoms with Crippen LogP contribution < -0.4 is 19.7 Å². The highest BCUT2D eigenvalue weighted by molar-refractivity contribution is 7.99. The van der Waals surface area contributed by atoms with Gasteiger partial charge in [-0.25, -0.2) is 4.98 Å². The Morgan fingerprint density at radius 2 is 1.70 bits per heavy atom. The van der Waals surface area contributed by atoms with E-state index in [-0.39, 0.29) is 11.7 Å². The molecule has 1 saturated heterocycles. The van der Waals surface area contributed by atoms with E-state index in [0.29, 0.717) is 37.9 Å². The number of benzene rings is 3. The number of ether oxygens (including phenoxy) is 3. The molecule has 0 saturated carbocycles. The standard InChI is InChI=1S/C31H36N4O4S/c1-3-38-28-21-27(34-16-18-37-19-17-34)29(39-4-2)20-25(28)32-30(36)22-40-31-33-24-12-8-9-13-26(24)35(31)15-14-23-10-6-5-7-11-23/h5-13,20-21H,3-4,14-19,22H2,1-2H3,(H,32,36). The number of morpholine rings is 1. The fourth-order valence-corrected chi connectivity index (χ4v) is 5.67. The lowest BCUT2D eigenvalue weighted by Crippen LogP contribution is -2.36. The van der Waals surface area contributed by atoms with Crippen molar-refractivity contribution in [3.05, 3.63) is 72.3 Å². The second-order valence-electron chi connectivity index (χ2n) is 9.39. The number of aromatic nitrogens is 2. The summed E-state index contributed by atoms with van der Waals surface area (Å²) in [5.74, 6) is 1.43. The molecule has 0 unspecified atom stereocenters. The molecule has 9 heteroatoms. The maximum Gasteiger partial charge on any atom is 0.234 e. The zero-order valence-corrected chi connectivity index (χ0v) is 23.9. The molecule has 0 aliphatic carbocycles. The molecule has 1 amide bonds. The highest BCUT2D eigenvalue weighted by Crippen LogP contribution is 2.39. The van der Waals surface area contributed by atoms with E-state index in [1.54, 1.807) is 0 Å². The predicted octanol–water partition coefficient (Wildman–Crippen LogP) is 5.64. The van der Waals surface area contributed by atoms with E-state index in [2.05, 4.69) is 45.1 Å². The molecule has 1 aromatic heterocycles. The van der Waals surface area contributed by atoms with Crippen LogP contribution >= 0.6 is 11.8 Å². The maximum atomic E-state index is 13.2. The second kappa shape index (κ2) is 13.6. The Hall–Kier alpha value is -3.69.